The zero-order valence-electron chi connectivity index (χ0n) is 7.72. The van der Waals surface area contributed by atoms with Gasteiger partial charge in [-0.15, -0.1) is 0 Å². The van der Waals surface area contributed by atoms with Crippen LogP contribution in [0.15, 0.2) is 0 Å². The van der Waals surface area contributed by atoms with Gasteiger partial charge >= 0.3 is 0 Å². The van der Waals surface area contributed by atoms with E-state index in [2.05, 4.69) is 21.2 Å². The Bertz CT molecular complexity index is 158. The molecule has 0 aromatic carbocycles. The van der Waals surface area contributed by atoms with E-state index in [0.717, 1.165) is 44.2 Å². The Morgan fingerprint density at radius 3 is 3.00 bits per heavy atom. The molecule has 4 heteroatoms. The molecule has 0 aromatic rings. The first kappa shape index (κ1) is 11.0. The van der Waals surface area contributed by atoms with Crippen LogP contribution in [0.5, 0.6) is 0 Å². The van der Waals surface area contributed by atoms with Crippen molar-refractivity contribution >= 4 is 21.8 Å². The minimum Gasteiger partial charge on any atom is -0.368 e. The van der Waals surface area contributed by atoms with E-state index in [9.17, 15) is 4.79 Å². The summed E-state index contributed by atoms with van der Waals surface area (Å²) in [6.45, 7) is 1.50. The van der Waals surface area contributed by atoms with Crippen molar-refractivity contribution in [2.45, 2.75) is 31.8 Å². The minimum atomic E-state index is -0.177. The fourth-order valence-electron chi connectivity index (χ4n) is 1.33. The third kappa shape index (κ3) is 4.09. The number of nitrogens with one attached hydrogen (secondary N) is 1. The Morgan fingerprint density at radius 2 is 2.38 bits per heavy atom. The van der Waals surface area contributed by atoms with E-state index in [0.29, 0.717) is 0 Å². The van der Waals surface area contributed by atoms with Gasteiger partial charge in [-0.2, -0.15) is 0 Å². The molecule has 1 unspecified atom stereocenters. The number of alkyl halides is 1. The first-order valence-corrected chi connectivity index (χ1v) is 5.92. The van der Waals surface area contributed by atoms with Crippen LogP contribution in [0.1, 0.15) is 25.7 Å². The molecule has 3 nitrogen and oxygen atoms in total. The van der Waals surface area contributed by atoms with Crippen LogP contribution in [-0.2, 0) is 9.53 Å². The Kier molecular flexibility index (Phi) is 5.39. The van der Waals surface area contributed by atoms with Gasteiger partial charge in [-0.25, -0.2) is 0 Å². The predicted molar refractivity (Wildman–Crippen MR) is 55.0 cm³/mol. The second kappa shape index (κ2) is 6.38. The van der Waals surface area contributed by atoms with E-state index in [1.807, 2.05) is 0 Å². The van der Waals surface area contributed by atoms with Crippen molar-refractivity contribution in [1.82, 2.24) is 5.32 Å². The molecule has 1 saturated heterocycles. The summed E-state index contributed by atoms with van der Waals surface area (Å²) in [5.74, 6) is 0.0621. The number of unbranched alkanes of at least 4 members (excludes halogenated alkanes) is 1. The SMILES string of the molecule is O=C(NCCCCBr)C1CCCO1. The number of halogens is 1. The molecule has 0 saturated carbocycles. The largest absolute Gasteiger partial charge is 0.368 e. The summed E-state index contributed by atoms with van der Waals surface area (Å²) in [4.78, 5) is 11.4. The lowest BCUT2D eigenvalue weighted by Crippen LogP contribution is -2.34. The average molecular weight is 250 g/mol. The summed E-state index contributed by atoms with van der Waals surface area (Å²) in [5, 5.41) is 3.88. The second-order valence-electron chi connectivity index (χ2n) is 3.19. The first-order valence-electron chi connectivity index (χ1n) is 4.80. The van der Waals surface area contributed by atoms with E-state index >= 15 is 0 Å². The maximum absolute atomic E-state index is 11.4. The molecule has 1 amide bonds. The molecule has 13 heavy (non-hydrogen) atoms. The van der Waals surface area contributed by atoms with E-state index < -0.39 is 0 Å². The van der Waals surface area contributed by atoms with Crippen LogP contribution in [0.3, 0.4) is 0 Å². The van der Waals surface area contributed by atoms with Gasteiger partial charge in [-0.3, -0.25) is 4.79 Å². The summed E-state index contributed by atoms with van der Waals surface area (Å²) < 4.78 is 5.25. The number of carbonyl (C=O) groups is 1. The van der Waals surface area contributed by atoms with E-state index in [-0.39, 0.29) is 12.0 Å². The third-order valence-electron chi connectivity index (χ3n) is 2.08. The highest BCUT2D eigenvalue weighted by atomic mass is 79.9. The zero-order valence-corrected chi connectivity index (χ0v) is 9.31. The average Bonchev–Trinajstić information content (AvgIpc) is 2.65. The van der Waals surface area contributed by atoms with Gasteiger partial charge in [0.05, 0.1) is 0 Å². The van der Waals surface area contributed by atoms with Crippen LogP contribution in [0, 0.1) is 0 Å². The van der Waals surface area contributed by atoms with Crippen molar-refractivity contribution in [3.63, 3.8) is 0 Å². The van der Waals surface area contributed by atoms with Gasteiger partial charge in [0.15, 0.2) is 0 Å². The highest BCUT2D eigenvalue weighted by molar-refractivity contribution is 9.09. The van der Waals surface area contributed by atoms with Gasteiger partial charge in [0.2, 0.25) is 5.91 Å². The molecule has 1 N–H and O–H groups in total. The van der Waals surface area contributed by atoms with E-state index in [1.54, 1.807) is 0 Å². The quantitative estimate of drug-likeness (QED) is 0.592. The fourth-order valence-corrected chi connectivity index (χ4v) is 1.73. The van der Waals surface area contributed by atoms with Crippen LogP contribution in [0.25, 0.3) is 0 Å². The minimum absolute atomic E-state index is 0.0621. The van der Waals surface area contributed by atoms with Gasteiger partial charge in [0, 0.05) is 18.5 Å². The highest BCUT2D eigenvalue weighted by Crippen LogP contribution is 2.11. The number of carbonyl (C=O) groups excluding carboxylic acids is 1. The summed E-state index contributed by atoms with van der Waals surface area (Å²) in [6, 6.07) is 0. The Morgan fingerprint density at radius 1 is 1.54 bits per heavy atom. The van der Waals surface area contributed by atoms with Crippen molar-refractivity contribution < 1.29 is 9.53 Å². The lowest BCUT2D eigenvalue weighted by Gasteiger charge is -2.09. The fraction of sp³-hybridized carbons (Fsp3) is 0.889. The van der Waals surface area contributed by atoms with Crippen molar-refractivity contribution in [2.75, 3.05) is 18.5 Å². The molecular weight excluding hydrogens is 234 g/mol. The van der Waals surface area contributed by atoms with Crippen LogP contribution in [-0.4, -0.2) is 30.5 Å². The standard InChI is InChI=1S/C9H16BrNO2/c10-5-1-2-6-11-9(12)8-4-3-7-13-8/h8H,1-7H2,(H,11,12). The molecule has 0 aromatic heterocycles. The Balaban J connectivity index is 2.03. The molecule has 0 spiro atoms. The van der Waals surface area contributed by atoms with Crippen LogP contribution >= 0.6 is 15.9 Å². The van der Waals surface area contributed by atoms with Crippen LogP contribution in [0.4, 0.5) is 0 Å². The summed E-state index contributed by atoms with van der Waals surface area (Å²) >= 11 is 3.35. The van der Waals surface area contributed by atoms with Crippen LogP contribution in [0.2, 0.25) is 0 Å². The molecule has 76 valence electrons. The smallest absolute Gasteiger partial charge is 0.249 e. The highest BCUT2D eigenvalue weighted by Gasteiger charge is 2.22. The summed E-state index contributed by atoms with van der Waals surface area (Å²) in [5.41, 5.74) is 0. The zero-order chi connectivity index (χ0) is 9.52. The maximum atomic E-state index is 11.4. The predicted octanol–water partition coefficient (Wildman–Crippen LogP) is 1.46. The molecule has 1 fully saturated rings. The normalized spacial score (nSPS) is 21.8. The molecule has 1 aliphatic rings. The maximum Gasteiger partial charge on any atom is 0.249 e. The van der Waals surface area contributed by atoms with Crippen molar-refractivity contribution in [3.05, 3.63) is 0 Å². The molecular formula is C9H16BrNO2. The van der Waals surface area contributed by atoms with Gasteiger partial charge < -0.3 is 10.1 Å². The number of hydrogen-bond acceptors (Lipinski definition) is 2. The first-order chi connectivity index (χ1) is 6.34. The van der Waals surface area contributed by atoms with Crippen molar-refractivity contribution in [2.24, 2.45) is 0 Å². The lowest BCUT2D eigenvalue weighted by molar-refractivity contribution is -0.130. The molecule has 0 radical (unpaired) electrons. The van der Waals surface area contributed by atoms with Gasteiger partial charge in [-0.1, -0.05) is 15.9 Å². The molecule has 1 aliphatic heterocycles. The van der Waals surface area contributed by atoms with E-state index in [4.69, 9.17) is 4.74 Å². The van der Waals surface area contributed by atoms with Crippen molar-refractivity contribution in [3.8, 4) is 0 Å². The van der Waals surface area contributed by atoms with Crippen LogP contribution < -0.4 is 5.32 Å². The number of ether oxygens (including phenoxy) is 1. The topological polar surface area (TPSA) is 38.3 Å². The van der Waals surface area contributed by atoms with E-state index in [1.165, 1.54) is 0 Å². The number of rotatable bonds is 5. The van der Waals surface area contributed by atoms with Gasteiger partial charge in [-0.05, 0) is 25.7 Å². The van der Waals surface area contributed by atoms with Gasteiger partial charge in [0.25, 0.3) is 0 Å². The molecule has 1 atom stereocenters. The number of amides is 1. The molecule has 0 bridgehead atoms. The number of hydrogen-bond donors (Lipinski definition) is 1. The summed E-state index contributed by atoms with van der Waals surface area (Å²) in [7, 11) is 0. The second-order valence-corrected chi connectivity index (χ2v) is 3.98. The van der Waals surface area contributed by atoms with Gasteiger partial charge in [0.1, 0.15) is 6.10 Å². The monoisotopic (exact) mass is 249 g/mol. The Labute approximate surface area is 87.3 Å². The molecule has 0 aliphatic carbocycles. The lowest BCUT2D eigenvalue weighted by atomic mass is 10.2. The summed E-state index contributed by atoms with van der Waals surface area (Å²) in [6.07, 6.45) is 3.85. The van der Waals surface area contributed by atoms with Crippen molar-refractivity contribution in [1.29, 1.82) is 0 Å². The third-order valence-corrected chi connectivity index (χ3v) is 2.64. The molecule has 1 heterocycles. The molecule has 1 rings (SSSR count). The Hall–Kier alpha value is -0.0900.